The minimum absolute atomic E-state index is 0.0578. The smallest absolute Gasteiger partial charge is 0.407 e. The standard InChI is InChI=1S/C32H53N7O8/c1-6-26(36-22(3)31(42)33-12-15-44-5)30(41)19-35-21(2)29(40)11-14-45-17-18-46-16-13-34-32(43)47-20-25-23-7-9-27-28(10-8-24(23)25)39(4)38-37-27/h6,21-26,35-36H,1,7-20H2,2-5H3,(H,33,42)(H,34,43)/t21?,22-,23+,24-,25+,26?/m0/s1. The van der Waals surface area contributed by atoms with Gasteiger partial charge in [-0.05, 0) is 57.3 Å². The normalized spacial score (nSPS) is 20.4. The summed E-state index contributed by atoms with van der Waals surface area (Å²) in [5.74, 6) is 1.01. The fourth-order valence-electron chi connectivity index (χ4n) is 5.86. The first-order valence-electron chi connectivity index (χ1n) is 16.5. The van der Waals surface area contributed by atoms with Crippen LogP contribution in [0.3, 0.4) is 0 Å². The molecule has 264 valence electrons. The Morgan fingerprint density at radius 3 is 2.38 bits per heavy atom. The van der Waals surface area contributed by atoms with Crippen molar-refractivity contribution in [2.45, 2.75) is 64.1 Å². The largest absolute Gasteiger partial charge is 0.449 e. The number of ether oxygens (including phenoxy) is 4. The van der Waals surface area contributed by atoms with Crippen molar-refractivity contribution in [3.05, 3.63) is 24.0 Å². The zero-order chi connectivity index (χ0) is 34.2. The van der Waals surface area contributed by atoms with Crippen LogP contribution in [0.2, 0.25) is 0 Å². The van der Waals surface area contributed by atoms with Gasteiger partial charge in [0.2, 0.25) is 5.91 Å². The second-order valence-corrected chi connectivity index (χ2v) is 12.1. The summed E-state index contributed by atoms with van der Waals surface area (Å²) in [5.41, 5.74) is 2.32. The summed E-state index contributed by atoms with van der Waals surface area (Å²) < 4.78 is 23.2. The molecular formula is C32H53N7O8. The van der Waals surface area contributed by atoms with E-state index in [2.05, 4.69) is 38.2 Å². The number of hydrogen-bond donors (Lipinski definition) is 4. The van der Waals surface area contributed by atoms with Crippen molar-refractivity contribution in [1.29, 1.82) is 0 Å². The summed E-state index contributed by atoms with van der Waals surface area (Å²) in [6.45, 7) is 9.66. The summed E-state index contributed by atoms with van der Waals surface area (Å²) in [4.78, 5) is 49.3. The van der Waals surface area contributed by atoms with E-state index in [9.17, 15) is 19.2 Å². The number of fused-ring (bicyclic) bond motifs is 2. The number of nitrogens with zero attached hydrogens (tertiary/aromatic N) is 3. The molecule has 1 aromatic rings. The number of nitrogens with one attached hydrogen (secondary N) is 4. The third kappa shape index (κ3) is 12.7. The number of carbonyl (C=O) groups excluding carboxylic acids is 4. The van der Waals surface area contributed by atoms with Crippen LogP contribution in [-0.4, -0.2) is 123 Å². The number of alkyl carbamates (subject to hydrolysis) is 1. The molecular weight excluding hydrogens is 610 g/mol. The highest BCUT2D eigenvalue weighted by Gasteiger charge is 2.50. The van der Waals surface area contributed by atoms with Gasteiger partial charge in [-0.1, -0.05) is 11.3 Å². The Bertz CT molecular complexity index is 1180. The maximum Gasteiger partial charge on any atom is 0.407 e. The average molecular weight is 664 g/mol. The number of rotatable bonds is 23. The molecule has 0 aliphatic heterocycles. The molecule has 2 unspecified atom stereocenters. The lowest BCUT2D eigenvalue weighted by molar-refractivity contribution is -0.123. The molecule has 47 heavy (non-hydrogen) atoms. The van der Waals surface area contributed by atoms with Gasteiger partial charge in [0, 0.05) is 33.7 Å². The molecule has 0 saturated heterocycles. The Morgan fingerprint density at radius 2 is 1.66 bits per heavy atom. The molecule has 1 saturated carbocycles. The molecule has 15 nitrogen and oxygen atoms in total. The number of amides is 2. The minimum Gasteiger partial charge on any atom is -0.449 e. The van der Waals surface area contributed by atoms with Gasteiger partial charge in [0.05, 0.1) is 75.7 Å². The summed E-state index contributed by atoms with van der Waals surface area (Å²) in [7, 11) is 3.48. The maximum atomic E-state index is 12.6. The minimum atomic E-state index is -0.741. The van der Waals surface area contributed by atoms with Crippen molar-refractivity contribution in [1.82, 2.24) is 36.3 Å². The molecule has 0 radical (unpaired) electrons. The topological polar surface area (TPSA) is 184 Å². The summed E-state index contributed by atoms with van der Waals surface area (Å²) >= 11 is 0. The van der Waals surface area contributed by atoms with Gasteiger partial charge in [0.15, 0.2) is 11.6 Å². The Hall–Kier alpha value is -3.24. The van der Waals surface area contributed by atoms with E-state index in [1.165, 1.54) is 11.8 Å². The van der Waals surface area contributed by atoms with Crippen LogP contribution >= 0.6 is 0 Å². The third-order valence-electron chi connectivity index (χ3n) is 8.82. The molecule has 6 atom stereocenters. The number of ketones is 2. The molecule has 2 amide bonds. The summed E-state index contributed by atoms with van der Waals surface area (Å²) in [6.07, 6.45) is 5.20. The molecule has 2 aliphatic carbocycles. The second kappa shape index (κ2) is 20.2. The van der Waals surface area contributed by atoms with E-state index in [1.54, 1.807) is 21.0 Å². The number of aromatic nitrogens is 3. The number of carbonyl (C=O) groups is 4. The lowest BCUT2D eigenvalue weighted by atomic mass is 10.0. The van der Waals surface area contributed by atoms with Crippen molar-refractivity contribution in [2.75, 3.05) is 66.4 Å². The van der Waals surface area contributed by atoms with Crippen molar-refractivity contribution < 1.29 is 38.1 Å². The zero-order valence-corrected chi connectivity index (χ0v) is 28.3. The van der Waals surface area contributed by atoms with Crippen LogP contribution in [0.1, 0.15) is 44.5 Å². The van der Waals surface area contributed by atoms with Crippen LogP contribution in [0.25, 0.3) is 0 Å². The molecule has 1 aromatic heterocycles. The maximum absolute atomic E-state index is 12.6. The highest BCUT2D eigenvalue weighted by molar-refractivity contribution is 5.90. The van der Waals surface area contributed by atoms with E-state index in [0.29, 0.717) is 63.9 Å². The molecule has 1 heterocycles. The molecule has 0 aromatic carbocycles. The van der Waals surface area contributed by atoms with Crippen LogP contribution in [-0.2, 0) is 53.2 Å². The van der Waals surface area contributed by atoms with E-state index in [-0.39, 0.29) is 37.0 Å². The second-order valence-electron chi connectivity index (χ2n) is 12.1. The molecule has 15 heteroatoms. The first-order chi connectivity index (χ1) is 22.7. The number of hydrogen-bond acceptors (Lipinski definition) is 12. The van der Waals surface area contributed by atoms with Gasteiger partial charge in [-0.15, -0.1) is 11.7 Å². The zero-order valence-electron chi connectivity index (χ0n) is 28.3. The third-order valence-corrected chi connectivity index (χ3v) is 8.82. The van der Waals surface area contributed by atoms with E-state index < -0.39 is 24.2 Å². The van der Waals surface area contributed by atoms with E-state index in [1.807, 2.05) is 11.7 Å². The lowest BCUT2D eigenvalue weighted by Crippen LogP contribution is -2.51. The molecule has 2 aliphatic rings. The number of Topliss-reactive ketones (excluding diaryl/α,β-unsaturated/α-hetero) is 2. The van der Waals surface area contributed by atoms with E-state index in [4.69, 9.17) is 18.9 Å². The van der Waals surface area contributed by atoms with Crippen LogP contribution < -0.4 is 21.3 Å². The monoisotopic (exact) mass is 663 g/mol. The fraction of sp³-hybridized carbons (Fsp3) is 0.750. The highest BCUT2D eigenvalue weighted by atomic mass is 16.6. The van der Waals surface area contributed by atoms with Crippen LogP contribution in [0.4, 0.5) is 4.79 Å². The molecule has 0 spiro atoms. The van der Waals surface area contributed by atoms with Gasteiger partial charge in [0.25, 0.3) is 0 Å². The SMILES string of the molecule is C=CC(N[C@@H](C)C(=O)NCCOC)C(=O)CNC(C)C(=O)CCOCCOCCNC(=O)OC[C@@H]1[C@@H]2CCc3nnn(C)c3CC[C@@H]21. The van der Waals surface area contributed by atoms with Gasteiger partial charge < -0.3 is 34.9 Å². The Balaban J connectivity index is 1.15. The fourth-order valence-corrected chi connectivity index (χ4v) is 5.86. The highest BCUT2D eigenvalue weighted by Crippen LogP contribution is 2.52. The first kappa shape index (κ1) is 38.2. The van der Waals surface area contributed by atoms with Crippen molar-refractivity contribution in [3.63, 3.8) is 0 Å². The average Bonchev–Trinajstić information content (AvgIpc) is 3.59. The quantitative estimate of drug-likeness (QED) is 0.0918. The molecule has 3 rings (SSSR count). The Morgan fingerprint density at radius 1 is 0.957 bits per heavy atom. The van der Waals surface area contributed by atoms with Crippen LogP contribution in [0.15, 0.2) is 12.7 Å². The summed E-state index contributed by atoms with van der Waals surface area (Å²) in [5, 5.41) is 19.7. The number of methoxy groups -OCH3 is 1. The van der Waals surface area contributed by atoms with E-state index in [0.717, 1.165) is 31.4 Å². The van der Waals surface area contributed by atoms with E-state index >= 15 is 0 Å². The van der Waals surface area contributed by atoms with Crippen molar-refractivity contribution >= 4 is 23.6 Å². The van der Waals surface area contributed by atoms with Crippen molar-refractivity contribution in [2.24, 2.45) is 24.8 Å². The molecule has 1 fully saturated rings. The Kier molecular flexibility index (Phi) is 16.4. The van der Waals surface area contributed by atoms with Gasteiger partial charge in [-0.3, -0.25) is 24.4 Å². The van der Waals surface area contributed by atoms with Gasteiger partial charge >= 0.3 is 6.09 Å². The van der Waals surface area contributed by atoms with Gasteiger partial charge in [-0.25, -0.2) is 4.79 Å². The molecule has 0 bridgehead atoms. The van der Waals surface area contributed by atoms with Crippen molar-refractivity contribution in [3.8, 4) is 0 Å². The first-order valence-corrected chi connectivity index (χ1v) is 16.5. The van der Waals surface area contributed by atoms with Gasteiger partial charge in [-0.2, -0.15) is 0 Å². The number of aryl methyl sites for hydroxylation is 2. The van der Waals surface area contributed by atoms with Crippen LogP contribution in [0.5, 0.6) is 0 Å². The van der Waals surface area contributed by atoms with Gasteiger partial charge in [0.1, 0.15) is 0 Å². The summed E-state index contributed by atoms with van der Waals surface area (Å²) in [6, 6.07) is -1.90. The van der Waals surface area contributed by atoms with Crippen LogP contribution in [0, 0.1) is 17.8 Å². The lowest BCUT2D eigenvalue weighted by Gasteiger charge is -2.20. The Labute approximate surface area is 277 Å². The predicted octanol–water partition coefficient (Wildman–Crippen LogP) is 0.117. The predicted molar refractivity (Wildman–Crippen MR) is 173 cm³/mol. The molecule has 4 N–H and O–H groups in total.